The predicted molar refractivity (Wildman–Crippen MR) is 74.5 cm³/mol. The average Bonchev–Trinajstić information content (AvgIpc) is 2.35. The largest absolute Gasteiger partial charge is 0.462 e. The van der Waals surface area contributed by atoms with E-state index in [1.165, 1.54) is 17.3 Å². The third kappa shape index (κ3) is 5.12. The van der Waals surface area contributed by atoms with Crippen LogP contribution >= 0.6 is 0 Å². The number of hydrogen-bond donors (Lipinski definition) is 1. The van der Waals surface area contributed by atoms with Crippen LogP contribution in [-0.4, -0.2) is 23.5 Å². The molecule has 0 saturated heterocycles. The highest BCUT2D eigenvalue weighted by Gasteiger charge is 2.19. The Kier molecular flexibility index (Phi) is 6.06. The molecule has 0 spiro atoms. The summed E-state index contributed by atoms with van der Waals surface area (Å²) in [4.78, 5) is 11.8. The number of aryl methyl sites for hydroxylation is 2. The molecule has 0 fully saturated rings. The highest BCUT2D eigenvalue weighted by atomic mass is 16.5. The zero-order chi connectivity index (χ0) is 14.3. The minimum Gasteiger partial charge on any atom is -0.462 e. The van der Waals surface area contributed by atoms with Crippen molar-refractivity contribution in [1.82, 2.24) is 0 Å². The van der Waals surface area contributed by atoms with Crippen molar-refractivity contribution in [2.24, 2.45) is 11.1 Å². The molecule has 0 aliphatic rings. The van der Waals surface area contributed by atoms with E-state index in [1.54, 1.807) is 13.8 Å². The van der Waals surface area contributed by atoms with Crippen molar-refractivity contribution < 1.29 is 14.7 Å². The van der Waals surface area contributed by atoms with Crippen LogP contribution in [0, 0.1) is 12.8 Å². The van der Waals surface area contributed by atoms with Gasteiger partial charge in [0.1, 0.15) is 0 Å². The first-order valence-corrected chi connectivity index (χ1v) is 6.47. The Morgan fingerprint density at radius 2 is 2.11 bits per heavy atom. The first-order chi connectivity index (χ1) is 9.04. The van der Waals surface area contributed by atoms with Gasteiger partial charge in [-0.2, -0.15) is 0 Å². The Balaban J connectivity index is 2.64. The molecular weight excluding hydrogens is 242 g/mol. The molecule has 0 aliphatic carbocycles. The normalized spacial score (nSPS) is 12.8. The zero-order valence-electron chi connectivity index (χ0n) is 11.7. The maximum Gasteiger partial charge on any atom is 0.314 e. The summed E-state index contributed by atoms with van der Waals surface area (Å²) in [5.41, 5.74) is 2.38. The molecule has 4 nitrogen and oxygen atoms in total. The molecule has 0 aliphatic heterocycles. The van der Waals surface area contributed by atoms with Gasteiger partial charge in [0.05, 0.1) is 18.2 Å². The lowest BCUT2D eigenvalue weighted by Gasteiger charge is -2.14. The van der Waals surface area contributed by atoms with Gasteiger partial charge < -0.3 is 9.94 Å². The molecule has 0 heterocycles. The molecule has 0 bridgehead atoms. The number of rotatable bonds is 6. The second-order valence-electron chi connectivity index (χ2n) is 4.82. The fourth-order valence-electron chi connectivity index (χ4n) is 1.86. The molecule has 1 aromatic carbocycles. The number of carbonyl (C=O) groups excluding carboxylic acids is 1. The summed E-state index contributed by atoms with van der Waals surface area (Å²) in [6.07, 6.45) is 2.39. The molecule has 1 atom stereocenters. The van der Waals surface area contributed by atoms with Gasteiger partial charge >= 0.3 is 5.97 Å². The topological polar surface area (TPSA) is 58.9 Å². The minimum absolute atomic E-state index is 0.166. The maximum atomic E-state index is 11.8. The van der Waals surface area contributed by atoms with Gasteiger partial charge in [0, 0.05) is 0 Å². The minimum atomic E-state index is -0.507. The van der Waals surface area contributed by atoms with Gasteiger partial charge in [-0.3, -0.25) is 4.79 Å². The number of carbonyl (C=O) groups is 1. The van der Waals surface area contributed by atoms with Crippen molar-refractivity contribution in [3.63, 3.8) is 0 Å². The van der Waals surface area contributed by atoms with Crippen LogP contribution in [0.3, 0.4) is 0 Å². The van der Waals surface area contributed by atoms with Crippen LogP contribution in [0.4, 0.5) is 0 Å². The molecule has 4 heteroatoms. The van der Waals surface area contributed by atoms with Crippen LogP contribution in [0.15, 0.2) is 29.4 Å². The summed E-state index contributed by atoms with van der Waals surface area (Å²) in [6, 6.07) is 8.04. The Morgan fingerprint density at radius 1 is 1.42 bits per heavy atom. The van der Waals surface area contributed by atoms with E-state index in [2.05, 4.69) is 5.16 Å². The summed E-state index contributed by atoms with van der Waals surface area (Å²) in [6.45, 7) is 5.63. The van der Waals surface area contributed by atoms with Crippen molar-refractivity contribution in [1.29, 1.82) is 0 Å². The van der Waals surface area contributed by atoms with E-state index < -0.39 is 5.92 Å². The summed E-state index contributed by atoms with van der Waals surface area (Å²) in [7, 11) is 0. The van der Waals surface area contributed by atoms with Crippen LogP contribution in [0.25, 0.3) is 0 Å². The number of hydrogen-bond acceptors (Lipinski definition) is 4. The Morgan fingerprint density at radius 3 is 2.68 bits per heavy atom. The van der Waals surface area contributed by atoms with E-state index in [0.29, 0.717) is 6.42 Å². The molecule has 1 unspecified atom stereocenters. The van der Waals surface area contributed by atoms with Crippen LogP contribution in [-0.2, 0) is 16.0 Å². The Hall–Kier alpha value is -1.84. The predicted octanol–water partition coefficient (Wildman–Crippen LogP) is 2.96. The van der Waals surface area contributed by atoms with Gasteiger partial charge in [0.2, 0.25) is 0 Å². The summed E-state index contributed by atoms with van der Waals surface area (Å²) in [5, 5.41) is 11.6. The number of esters is 1. The first kappa shape index (κ1) is 15.2. The van der Waals surface area contributed by atoms with Crippen LogP contribution in [0.1, 0.15) is 31.4 Å². The number of oxime groups is 1. The summed E-state index contributed by atoms with van der Waals surface area (Å²) >= 11 is 0. The van der Waals surface area contributed by atoms with Crippen molar-refractivity contribution >= 4 is 12.2 Å². The van der Waals surface area contributed by atoms with Gasteiger partial charge in [0.15, 0.2) is 0 Å². The fourth-order valence-corrected chi connectivity index (χ4v) is 1.86. The molecule has 19 heavy (non-hydrogen) atoms. The van der Waals surface area contributed by atoms with E-state index in [9.17, 15) is 4.79 Å². The smallest absolute Gasteiger partial charge is 0.314 e. The monoisotopic (exact) mass is 263 g/mol. The number of nitrogens with zero attached hydrogens (tertiary/aromatic N) is 1. The van der Waals surface area contributed by atoms with Gasteiger partial charge in [0.25, 0.3) is 0 Å². The molecule has 104 valence electrons. The highest BCUT2D eigenvalue weighted by Crippen LogP contribution is 2.14. The van der Waals surface area contributed by atoms with Crippen LogP contribution in [0.5, 0.6) is 0 Å². The number of benzene rings is 1. The zero-order valence-corrected chi connectivity index (χ0v) is 11.7. The van der Waals surface area contributed by atoms with Crippen molar-refractivity contribution in [2.45, 2.75) is 39.7 Å². The molecule has 0 aromatic heterocycles. The Bertz CT molecular complexity index is 441. The van der Waals surface area contributed by atoms with E-state index in [4.69, 9.17) is 9.94 Å². The van der Waals surface area contributed by atoms with E-state index >= 15 is 0 Å². The molecule has 0 saturated carbocycles. The third-order valence-corrected chi connectivity index (χ3v) is 2.89. The number of ether oxygens (including phenoxy) is 1. The van der Waals surface area contributed by atoms with Crippen LogP contribution in [0.2, 0.25) is 0 Å². The Labute approximate surface area is 114 Å². The van der Waals surface area contributed by atoms with Crippen molar-refractivity contribution in [2.75, 3.05) is 0 Å². The second kappa shape index (κ2) is 7.56. The van der Waals surface area contributed by atoms with Gasteiger partial charge in [-0.15, -0.1) is 5.16 Å². The van der Waals surface area contributed by atoms with Crippen LogP contribution < -0.4 is 0 Å². The standard InChI is InChI=1S/C15H21NO3/c1-11(2)19-15(17)14(10-16-18)9-8-13-7-5-4-6-12(13)3/h4-7,10-11,14,18H,8-9H2,1-3H3/b16-10-. The summed E-state index contributed by atoms with van der Waals surface area (Å²) < 4.78 is 5.14. The molecule has 1 N–H and O–H groups in total. The van der Waals surface area contributed by atoms with Gasteiger partial charge in [-0.1, -0.05) is 24.3 Å². The quantitative estimate of drug-likeness (QED) is 0.371. The van der Waals surface area contributed by atoms with E-state index in [0.717, 1.165) is 6.42 Å². The molecule has 1 aromatic rings. The molecule has 0 radical (unpaired) electrons. The van der Waals surface area contributed by atoms with E-state index in [-0.39, 0.29) is 12.1 Å². The average molecular weight is 263 g/mol. The van der Waals surface area contributed by atoms with Crippen molar-refractivity contribution in [3.05, 3.63) is 35.4 Å². The highest BCUT2D eigenvalue weighted by molar-refractivity contribution is 5.89. The molecule has 1 rings (SSSR count). The van der Waals surface area contributed by atoms with Gasteiger partial charge in [-0.25, -0.2) is 0 Å². The first-order valence-electron chi connectivity index (χ1n) is 6.47. The van der Waals surface area contributed by atoms with E-state index in [1.807, 2.05) is 31.2 Å². The summed E-state index contributed by atoms with van der Waals surface area (Å²) in [5.74, 6) is -0.853. The lowest BCUT2D eigenvalue weighted by atomic mass is 9.98. The SMILES string of the molecule is Cc1ccccc1CCC(/C=N\O)C(=O)OC(C)C. The molecular formula is C15H21NO3. The third-order valence-electron chi connectivity index (χ3n) is 2.89. The van der Waals surface area contributed by atoms with Crippen molar-refractivity contribution in [3.8, 4) is 0 Å². The second-order valence-corrected chi connectivity index (χ2v) is 4.82. The fraction of sp³-hybridized carbons (Fsp3) is 0.467. The lowest BCUT2D eigenvalue weighted by Crippen LogP contribution is -2.23. The van der Waals surface area contributed by atoms with Gasteiger partial charge in [-0.05, 0) is 44.7 Å². The molecule has 0 amide bonds. The maximum absolute atomic E-state index is 11.8. The lowest BCUT2D eigenvalue weighted by molar-refractivity contribution is -0.149.